The highest BCUT2D eigenvalue weighted by atomic mass is 32.2. The van der Waals surface area contributed by atoms with Crippen LogP contribution in [0.2, 0.25) is 0 Å². The van der Waals surface area contributed by atoms with E-state index in [4.69, 9.17) is 0 Å². The van der Waals surface area contributed by atoms with Gasteiger partial charge in [-0.2, -0.15) is 13.2 Å². The lowest BCUT2D eigenvalue weighted by molar-refractivity contribution is -0.136. The lowest BCUT2D eigenvalue weighted by atomic mass is 10.2. The summed E-state index contributed by atoms with van der Waals surface area (Å²) in [5.74, 6) is -0.0598. The van der Waals surface area contributed by atoms with Gasteiger partial charge in [0.05, 0.1) is 11.1 Å². The van der Waals surface area contributed by atoms with Crippen molar-refractivity contribution in [2.75, 3.05) is 5.32 Å². The number of hydrogen-bond donors (Lipinski definition) is 1. The van der Waals surface area contributed by atoms with Crippen LogP contribution in [0.4, 0.5) is 18.2 Å². The van der Waals surface area contributed by atoms with Crippen molar-refractivity contribution in [3.63, 3.8) is 0 Å². The third-order valence-electron chi connectivity index (χ3n) is 3.34. The first-order valence-corrected chi connectivity index (χ1v) is 9.24. The fourth-order valence-electron chi connectivity index (χ4n) is 2.11. The molecule has 0 aromatic carbocycles. The van der Waals surface area contributed by atoms with Gasteiger partial charge in [0.15, 0.2) is 0 Å². The summed E-state index contributed by atoms with van der Waals surface area (Å²) in [5.41, 5.74) is 0.374. The highest BCUT2D eigenvalue weighted by Crippen LogP contribution is 2.38. The van der Waals surface area contributed by atoms with Crippen LogP contribution < -0.4 is 5.32 Å². The van der Waals surface area contributed by atoms with Crippen LogP contribution in [0, 0.1) is 0 Å². The van der Waals surface area contributed by atoms with E-state index in [-0.39, 0.29) is 10.6 Å². The molecule has 4 nitrogen and oxygen atoms in total. The zero-order valence-corrected chi connectivity index (χ0v) is 14.8. The first-order chi connectivity index (χ1) is 12.4. The maximum absolute atomic E-state index is 13.0. The van der Waals surface area contributed by atoms with E-state index in [1.165, 1.54) is 29.4 Å². The highest BCUT2D eigenvalue weighted by Gasteiger charge is 2.35. The monoisotopic (exact) mass is 395 g/mol. The molecule has 0 atom stereocenters. The second kappa shape index (κ2) is 7.88. The molecule has 0 radical (unpaired) electrons. The van der Waals surface area contributed by atoms with Crippen LogP contribution in [0.25, 0.3) is 0 Å². The molecule has 0 aliphatic carbocycles. The van der Waals surface area contributed by atoms with Crippen LogP contribution >= 0.6 is 23.1 Å². The number of carbonyl (C=O) groups excluding carboxylic acids is 1. The summed E-state index contributed by atoms with van der Waals surface area (Å²) in [7, 11) is 0. The second-order valence-corrected chi connectivity index (χ2v) is 7.00. The molecule has 3 aromatic heterocycles. The van der Waals surface area contributed by atoms with Crippen molar-refractivity contribution >= 4 is 34.0 Å². The molecule has 9 heteroatoms. The molecule has 0 fully saturated rings. The number of anilines is 1. The predicted octanol–water partition coefficient (Wildman–Crippen LogP) is 5.10. The summed E-state index contributed by atoms with van der Waals surface area (Å²) in [4.78, 5) is 20.6. The lowest BCUT2D eigenvalue weighted by Crippen LogP contribution is -2.16. The van der Waals surface area contributed by atoms with Gasteiger partial charge in [0, 0.05) is 24.3 Å². The van der Waals surface area contributed by atoms with Gasteiger partial charge in [-0.3, -0.25) is 9.78 Å². The summed E-state index contributed by atoms with van der Waals surface area (Å²) in [6.45, 7) is 0. The van der Waals surface area contributed by atoms with E-state index in [1.54, 1.807) is 18.5 Å². The Hall–Kier alpha value is -2.39. The molecule has 1 amide bonds. The Bertz CT molecular complexity index is 898. The van der Waals surface area contributed by atoms with Gasteiger partial charge in [0.1, 0.15) is 10.0 Å². The largest absolute Gasteiger partial charge is 0.419 e. The number of rotatable bonds is 5. The van der Waals surface area contributed by atoms with E-state index in [0.717, 1.165) is 23.0 Å². The minimum Gasteiger partial charge on any atom is -0.313 e. The van der Waals surface area contributed by atoms with Gasteiger partial charge in [-0.25, -0.2) is 4.98 Å². The fourth-order valence-corrected chi connectivity index (χ4v) is 3.86. The minimum absolute atomic E-state index is 0.226. The average molecular weight is 395 g/mol. The normalized spacial score (nSPS) is 11.3. The molecule has 3 aromatic rings. The van der Waals surface area contributed by atoms with Crippen molar-refractivity contribution in [3.05, 3.63) is 71.0 Å². The second-order valence-electron chi connectivity index (χ2n) is 5.12. The standard InChI is InChI=1S/C17H12F3N3OS2/c18-17(19,20)13-5-9-25-16(13)23-14(24)12-2-1-6-22-15(12)26-10-11-3-7-21-8-4-11/h1-9H,10H2,(H,23,24). The lowest BCUT2D eigenvalue weighted by Gasteiger charge is -2.11. The summed E-state index contributed by atoms with van der Waals surface area (Å²) in [5, 5.41) is 3.87. The molecular weight excluding hydrogens is 383 g/mol. The van der Waals surface area contributed by atoms with Gasteiger partial charge in [-0.1, -0.05) is 0 Å². The first kappa shape index (κ1) is 18.4. The third-order valence-corrected chi connectivity index (χ3v) is 5.24. The van der Waals surface area contributed by atoms with Crippen molar-refractivity contribution in [2.24, 2.45) is 0 Å². The molecule has 0 saturated carbocycles. The molecular formula is C17H12F3N3OS2. The first-order valence-electron chi connectivity index (χ1n) is 7.38. The van der Waals surface area contributed by atoms with Crippen LogP contribution in [-0.4, -0.2) is 15.9 Å². The Balaban J connectivity index is 1.77. The van der Waals surface area contributed by atoms with Gasteiger partial charge in [-0.05, 0) is 41.3 Å². The van der Waals surface area contributed by atoms with Crippen molar-refractivity contribution in [3.8, 4) is 0 Å². The molecule has 134 valence electrons. The van der Waals surface area contributed by atoms with E-state index in [2.05, 4.69) is 15.3 Å². The molecule has 0 aliphatic heterocycles. The Morgan fingerprint density at radius 2 is 1.92 bits per heavy atom. The van der Waals surface area contributed by atoms with Crippen LogP contribution in [0.5, 0.6) is 0 Å². The zero-order valence-electron chi connectivity index (χ0n) is 13.2. The fraction of sp³-hybridized carbons (Fsp3) is 0.118. The highest BCUT2D eigenvalue weighted by molar-refractivity contribution is 7.98. The smallest absolute Gasteiger partial charge is 0.313 e. The molecule has 3 rings (SSSR count). The number of carbonyl (C=O) groups is 1. The van der Waals surface area contributed by atoms with Gasteiger partial charge in [0.2, 0.25) is 0 Å². The maximum atomic E-state index is 13.0. The van der Waals surface area contributed by atoms with Crippen LogP contribution in [-0.2, 0) is 11.9 Å². The average Bonchev–Trinajstić information content (AvgIpc) is 3.09. The summed E-state index contributed by atoms with van der Waals surface area (Å²) < 4.78 is 38.9. The van der Waals surface area contributed by atoms with Crippen molar-refractivity contribution < 1.29 is 18.0 Å². The van der Waals surface area contributed by atoms with E-state index in [9.17, 15) is 18.0 Å². The van der Waals surface area contributed by atoms with E-state index < -0.39 is 17.6 Å². The summed E-state index contributed by atoms with van der Waals surface area (Å²) >= 11 is 2.16. The van der Waals surface area contributed by atoms with Crippen molar-refractivity contribution in [2.45, 2.75) is 17.0 Å². The SMILES string of the molecule is O=C(Nc1sccc1C(F)(F)F)c1cccnc1SCc1ccncc1. The van der Waals surface area contributed by atoms with Gasteiger partial charge in [-0.15, -0.1) is 23.1 Å². The number of nitrogens with one attached hydrogen (secondary N) is 1. The Kier molecular flexibility index (Phi) is 5.58. The minimum atomic E-state index is -4.52. The molecule has 0 saturated heterocycles. The summed E-state index contributed by atoms with van der Waals surface area (Å²) in [6, 6.07) is 7.75. The van der Waals surface area contributed by atoms with Gasteiger partial charge in [0.25, 0.3) is 5.91 Å². The zero-order chi connectivity index (χ0) is 18.6. The number of thioether (sulfide) groups is 1. The number of thiophene rings is 1. The van der Waals surface area contributed by atoms with E-state index in [0.29, 0.717) is 10.8 Å². The number of nitrogens with zero attached hydrogens (tertiary/aromatic N) is 2. The molecule has 0 bridgehead atoms. The van der Waals surface area contributed by atoms with Crippen LogP contribution in [0.15, 0.2) is 59.3 Å². The number of aromatic nitrogens is 2. The molecule has 0 aliphatic rings. The van der Waals surface area contributed by atoms with E-state index in [1.807, 2.05) is 12.1 Å². The van der Waals surface area contributed by atoms with E-state index >= 15 is 0 Å². The Labute approximate surface area is 155 Å². The number of halogens is 3. The topological polar surface area (TPSA) is 54.9 Å². The van der Waals surface area contributed by atoms with Crippen LogP contribution in [0.1, 0.15) is 21.5 Å². The molecule has 0 unspecified atom stereocenters. The molecule has 1 N–H and O–H groups in total. The number of amides is 1. The third kappa shape index (κ3) is 4.41. The van der Waals surface area contributed by atoms with Gasteiger partial charge >= 0.3 is 6.18 Å². The molecule has 3 heterocycles. The quantitative estimate of drug-likeness (QED) is 0.611. The number of alkyl halides is 3. The number of pyridine rings is 2. The molecule has 26 heavy (non-hydrogen) atoms. The van der Waals surface area contributed by atoms with Crippen molar-refractivity contribution in [1.29, 1.82) is 0 Å². The van der Waals surface area contributed by atoms with Crippen molar-refractivity contribution in [1.82, 2.24) is 9.97 Å². The Morgan fingerprint density at radius 1 is 1.15 bits per heavy atom. The van der Waals surface area contributed by atoms with Crippen LogP contribution in [0.3, 0.4) is 0 Å². The predicted molar refractivity (Wildman–Crippen MR) is 95.3 cm³/mol. The van der Waals surface area contributed by atoms with Gasteiger partial charge < -0.3 is 5.32 Å². The summed E-state index contributed by atoms with van der Waals surface area (Å²) in [6.07, 6.45) is 0.350. The Morgan fingerprint density at radius 3 is 2.65 bits per heavy atom. The number of hydrogen-bond acceptors (Lipinski definition) is 5. The molecule has 0 spiro atoms. The maximum Gasteiger partial charge on any atom is 0.419 e.